The van der Waals surface area contributed by atoms with Crippen molar-refractivity contribution in [3.63, 3.8) is 0 Å². The highest BCUT2D eigenvalue weighted by Crippen LogP contribution is 2.50. The summed E-state index contributed by atoms with van der Waals surface area (Å²) in [6.45, 7) is 0. The first-order valence-corrected chi connectivity index (χ1v) is 21.3. The van der Waals surface area contributed by atoms with Crippen LogP contribution in [0.25, 0.3) is 88.8 Å². The van der Waals surface area contributed by atoms with Gasteiger partial charge in [0.1, 0.15) is 0 Å². The SMILES string of the molecule is C1=C(c2cc(-c3ccccc3)nc(-c3ccccc3)n2)CC(c2ccccc2)C(n2c3ccccc3c3c2ccc2c4ccccc4n(-c4ccccc4)c23)=C1c1ccccc1. The highest BCUT2D eigenvalue weighted by Gasteiger charge is 2.32. The van der Waals surface area contributed by atoms with E-state index >= 15 is 0 Å². The van der Waals surface area contributed by atoms with Crippen molar-refractivity contribution in [3.05, 3.63) is 241 Å². The molecule has 0 N–H and O–H groups in total. The molecule has 4 heteroatoms. The Morgan fingerprint density at radius 2 is 0.968 bits per heavy atom. The first kappa shape index (κ1) is 35.8. The lowest BCUT2D eigenvalue weighted by molar-refractivity contribution is 0.842. The van der Waals surface area contributed by atoms with Crippen molar-refractivity contribution in [2.45, 2.75) is 12.3 Å². The second-order valence-electron chi connectivity index (χ2n) is 16.1. The minimum Gasteiger partial charge on any atom is -0.312 e. The molecule has 0 radical (unpaired) electrons. The van der Waals surface area contributed by atoms with Gasteiger partial charge >= 0.3 is 0 Å². The first-order chi connectivity index (χ1) is 30.8. The average molecular weight is 793 g/mol. The fourth-order valence-corrected chi connectivity index (χ4v) is 9.77. The molecule has 0 fully saturated rings. The van der Waals surface area contributed by atoms with Gasteiger partial charge in [-0.2, -0.15) is 0 Å². The molecule has 0 aliphatic heterocycles. The predicted octanol–water partition coefficient (Wildman–Crippen LogP) is 14.7. The summed E-state index contributed by atoms with van der Waals surface area (Å²) in [4.78, 5) is 10.5. The Hall–Kier alpha value is -8.08. The molecular formula is C58H40N4. The standard InChI is InChI=1S/C58H40N4/c1-6-20-39(21-7-1)48-36-43(51-38-50(41-24-10-3-11-25-41)59-58(60-51)42-26-12-4-13-27-42)37-49(40-22-8-2-9-23-40)56(48)62-53-33-19-17-31-47(53)55-54(62)35-34-46-45-30-16-18-32-52(45)61(57(46)55)44-28-14-5-15-29-44/h1-36,38,49H,37H2. The zero-order chi connectivity index (χ0) is 41.0. The van der Waals surface area contributed by atoms with Crippen molar-refractivity contribution in [1.29, 1.82) is 0 Å². The molecule has 3 aromatic heterocycles. The van der Waals surface area contributed by atoms with E-state index in [-0.39, 0.29) is 5.92 Å². The maximum atomic E-state index is 5.38. The molecule has 1 aliphatic rings. The van der Waals surface area contributed by atoms with Gasteiger partial charge in [0.2, 0.25) is 0 Å². The fraction of sp³-hybridized carbons (Fsp3) is 0.0345. The molecule has 12 rings (SSSR count). The van der Waals surface area contributed by atoms with Gasteiger partial charge in [-0.3, -0.25) is 0 Å². The van der Waals surface area contributed by atoms with Crippen LogP contribution in [0.3, 0.4) is 0 Å². The van der Waals surface area contributed by atoms with Crippen molar-refractivity contribution in [1.82, 2.24) is 19.1 Å². The van der Waals surface area contributed by atoms with Crippen LogP contribution in [0, 0.1) is 0 Å². The predicted molar refractivity (Wildman–Crippen MR) is 258 cm³/mol. The van der Waals surface area contributed by atoms with Crippen LogP contribution in [0.2, 0.25) is 0 Å². The Balaban J connectivity index is 1.20. The number of aromatic nitrogens is 4. The van der Waals surface area contributed by atoms with Crippen molar-refractivity contribution < 1.29 is 0 Å². The van der Waals surface area contributed by atoms with E-state index in [4.69, 9.17) is 9.97 Å². The maximum absolute atomic E-state index is 5.38. The summed E-state index contributed by atoms with van der Waals surface area (Å²) < 4.78 is 5.04. The maximum Gasteiger partial charge on any atom is 0.160 e. The summed E-state index contributed by atoms with van der Waals surface area (Å²) in [5.74, 6) is 0.701. The Labute approximate surface area is 360 Å². The minimum atomic E-state index is -0.0172. The van der Waals surface area contributed by atoms with Crippen LogP contribution in [0.15, 0.2) is 224 Å². The van der Waals surface area contributed by atoms with Gasteiger partial charge in [-0.05, 0) is 65.6 Å². The van der Waals surface area contributed by atoms with Gasteiger partial charge in [0.05, 0.1) is 33.5 Å². The van der Waals surface area contributed by atoms with Gasteiger partial charge < -0.3 is 9.13 Å². The summed E-state index contributed by atoms with van der Waals surface area (Å²) >= 11 is 0. The van der Waals surface area contributed by atoms with Crippen LogP contribution in [0.1, 0.15) is 29.2 Å². The van der Waals surface area contributed by atoms with Crippen molar-refractivity contribution in [2.75, 3.05) is 0 Å². The number of hydrogen-bond acceptors (Lipinski definition) is 2. The van der Waals surface area contributed by atoms with Crippen LogP contribution in [0.5, 0.6) is 0 Å². The molecule has 0 saturated heterocycles. The molecule has 8 aromatic carbocycles. The van der Waals surface area contributed by atoms with E-state index in [1.165, 1.54) is 66.0 Å². The van der Waals surface area contributed by atoms with E-state index in [2.05, 4.69) is 228 Å². The summed E-state index contributed by atoms with van der Waals surface area (Å²) in [6, 6.07) is 78.3. The van der Waals surface area contributed by atoms with Gasteiger partial charge in [-0.25, -0.2) is 9.97 Å². The normalized spacial score (nSPS) is 14.3. The van der Waals surface area contributed by atoms with E-state index in [1.54, 1.807) is 0 Å². The topological polar surface area (TPSA) is 35.6 Å². The molecule has 3 heterocycles. The van der Waals surface area contributed by atoms with Gasteiger partial charge in [0.15, 0.2) is 5.82 Å². The van der Waals surface area contributed by atoms with Gasteiger partial charge in [0.25, 0.3) is 0 Å². The molecule has 0 amide bonds. The largest absolute Gasteiger partial charge is 0.312 e. The zero-order valence-electron chi connectivity index (χ0n) is 33.9. The Bertz CT molecular complexity index is 3450. The fourth-order valence-electron chi connectivity index (χ4n) is 9.77. The number of hydrogen-bond donors (Lipinski definition) is 0. The molecule has 4 nitrogen and oxygen atoms in total. The lowest BCUT2D eigenvalue weighted by Gasteiger charge is -2.31. The van der Waals surface area contributed by atoms with E-state index in [1.807, 2.05) is 6.07 Å². The Kier molecular flexibility index (Phi) is 8.60. The number of fused-ring (bicyclic) bond motifs is 7. The van der Waals surface area contributed by atoms with Crippen LogP contribution >= 0.6 is 0 Å². The minimum absolute atomic E-state index is 0.0172. The molecule has 11 aromatic rings. The summed E-state index contributed by atoms with van der Waals surface area (Å²) in [6.07, 6.45) is 3.16. The van der Waals surface area contributed by atoms with Crippen molar-refractivity contribution in [2.24, 2.45) is 0 Å². The highest BCUT2D eigenvalue weighted by atomic mass is 15.0. The summed E-state index contributed by atoms with van der Waals surface area (Å²) in [5.41, 5.74) is 15.8. The monoisotopic (exact) mass is 792 g/mol. The van der Waals surface area contributed by atoms with Gasteiger partial charge in [0, 0.05) is 55.5 Å². The molecule has 0 spiro atoms. The highest BCUT2D eigenvalue weighted by molar-refractivity contribution is 6.27. The van der Waals surface area contributed by atoms with Crippen molar-refractivity contribution >= 4 is 60.5 Å². The number of benzene rings is 8. The van der Waals surface area contributed by atoms with Gasteiger partial charge in [-0.15, -0.1) is 0 Å². The summed E-state index contributed by atoms with van der Waals surface area (Å²) in [5, 5.41) is 4.96. The molecule has 0 bridgehead atoms. The van der Waals surface area contributed by atoms with Crippen LogP contribution in [0.4, 0.5) is 0 Å². The zero-order valence-corrected chi connectivity index (χ0v) is 33.9. The van der Waals surface area contributed by atoms with Crippen LogP contribution in [-0.4, -0.2) is 19.1 Å². The molecule has 1 unspecified atom stereocenters. The molecule has 1 aliphatic carbocycles. The Morgan fingerprint density at radius 3 is 1.66 bits per heavy atom. The van der Waals surface area contributed by atoms with E-state index in [0.29, 0.717) is 0 Å². The molecular weight excluding hydrogens is 753 g/mol. The quantitative estimate of drug-likeness (QED) is 0.161. The van der Waals surface area contributed by atoms with Crippen molar-refractivity contribution in [3.8, 4) is 28.3 Å². The van der Waals surface area contributed by atoms with E-state index in [9.17, 15) is 0 Å². The molecule has 292 valence electrons. The third-order valence-electron chi connectivity index (χ3n) is 12.5. The number of nitrogens with zero attached hydrogens (tertiary/aromatic N) is 4. The smallest absolute Gasteiger partial charge is 0.160 e. The number of allylic oxidation sites excluding steroid dienone is 4. The van der Waals surface area contributed by atoms with Crippen LogP contribution < -0.4 is 0 Å². The third-order valence-corrected chi connectivity index (χ3v) is 12.5. The van der Waals surface area contributed by atoms with Crippen LogP contribution in [-0.2, 0) is 0 Å². The number of rotatable bonds is 7. The molecule has 62 heavy (non-hydrogen) atoms. The third kappa shape index (κ3) is 5.91. The first-order valence-electron chi connectivity index (χ1n) is 21.3. The molecule has 0 saturated carbocycles. The van der Waals surface area contributed by atoms with E-state index in [0.717, 1.165) is 46.0 Å². The average Bonchev–Trinajstić information content (AvgIpc) is 3.87. The second kappa shape index (κ2) is 14.9. The second-order valence-corrected chi connectivity index (χ2v) is 16.1. The van der Waals surface area contributed by atoms with Gasteiger partial charge in [-0.1, -0.05) is 182 Å². The molecule has 1 atom stereocenters. The van der Waals surface area contributed by atoms with E-state index < -0.39 is 0 Å². The lowest BCUT2D eigenvalue weighted by atomic mass is 9.79. The lowest BCUT2D eigenvalue weighted by Crippen LogP contribution is -2.15. The summed E-state index contributed by atoms with van der Waals surface area (Å²) in [7, 11) is 0. The Morgan fingerprint density at radius 1 is 0.419 bits per heavy atom. The number of para-hydroxylation sites is 3.